The molecule has 0 spiro atoms. The lowest BCUT2D eigenvalue weighted by molar-refractivity contribution is -0.117. The van der Waals surface area contributed by atoms with E-state index in [-0.39, 0.29) is 12.4 Å². The lowest BCUT2D eigenvalue weighted by Gasteiger charge is -2.10. The van der Waals surface area contributed by atoms with E-state index in [0.29, 0.717) is 42.4 Å². The maximum absolute atomic E-state index is 12.0. The van der Waals surface area contributed by atoms with Crippen LogP contribution < -0.4 is 5.32 Å². The highest BCUT2D eigenvalue weighted by Crippen LogP contribution is 2.34. The van der Waals surface area contributed by atoms with Crippen molar-refractivity contribution in [3.05, 3.63) is 75.9 Å². The first-order chi connectivity index (χ1) is 16.5. The molecule has 0 fully saturated rings. The standard InChI is InChI=1S/C26H22ClN3O4/c1-33-6-7-34-26(32)29-20-4-5-23(27)22(13-20)24-12-18-9-19(14-28-25(18)30-24)15-2-3-16-10-21(31)11-17(16)8-15/h2-5,8-9,13-14H,6-7,10-12H2,1H3,(H,29,32). The summed E-state index contributed by atoms with van der Waals surface area (Å²) in [5, 5.41) is 3.23. The van der Waals surface area contributed by atoms with Crippen molar-refractivity contribution < 1.29 is 19.1 Å². The molecular formula is C26H22ClN3O4. The molecule has 0 unspecified atom stereocenters. The van der Waals surface area contributed by atoms with Gasteiger partial charge in [0.1, 0.15) is 12.4 Å². The Labute approximate surface area is 201 Å². The predicted molar refractivity (Wildman–Crippen MR) is 130 cm³/mol. The Hall–Kier alpha value is -3.55. The largest absolute Gasteiger partial charge is 0.447 e. The normalized spacial score (nSPS) is 13.9. The van der Waals surface area contributed by atoms with E-state index in [1.165, 1.54) is 0 Å². The van der Waals surface area contributed by atoms with E-state index in [0.717, 1.165) is 39.1 Å². The van der Waals surface area contributed by atoms with Gasteiger partial charge in [-0.3, -0.25) is 10.1 Å². The Kier molecular flexibility index (Phi) is 6.13. The van der Waals surface area contributed by atoms with Crippen LogP contribution in [0, 0.1) is 0 Å². The number of methoxy groups -OCH3 is 1. The molecule has 1 aliphatic carbocycles. The Morgan fingerprint density at radius 2 is 1.82 bits per heavy atom. The summed E-state index contributed by atoms with van der Waals surface area (Å²) in [7, 11) is 1.54. The molecule has 2 aromatic carbocycles. The van der Waals surface area contributed by atoms with Gasteiger partial charge >= 0.3 is 6.09 Å². The van der Waals surface area contributed by atoms with Crippen LogP contribution in [-0.4, -0.2) is 42.9 Å². The number of anilines is 1. The third-order valence-corrected chi connectivity index (χ3v) is 6.23. The maximum atomic E-state index is 12.0. The minimum atomic E-state index is -0.565. The van der Waals surface area contributed by atoms with E-state index in [4.69, 9.17) is 21.1 Å². The molecule has 5 rings (SSSR count). The monoisotopic (exact) mass is 475 g/mol. The van der Waals surface area contributed by atoms with E-state index in [9.17, 15) is 9.59 Å². The summed E-state index contributed by atoms with van der Waals surface area (Å²) in [6.07, 6.45) is 2.83. The van der Waals surface area contributed by atoms with Gasteiger partial charge in [0.05, 0.1) is 12.3 Å². The van der Waals surface area contributed by atoms with Gasteiger partial charge in [0, 0.05) is 60.0 Å². The predicted octanol–water partition coefficient (Wildman–Crippen LogP) is 4.94. The van der Waals surface area contributed by atoms with E-state index in [1.807, 2.05) is 12.1 Å². The van der Waals surface area contributed by atoms with Crippen molar-refractivity contribution in [2.45, 2.75) is 19.3 Å². The topological polar surface area (TPSA) is 89.9 Å². The van der Waals surface area contributed by atoms with Gasteiger partial charge in [-0.2, -0.15) is 0 Å². The first kappa shape index (κ1) is 22.3. The third kappa shape index (κ3) is 4.58. The van der Waals surface area contributed by atoms with Gasteiger partial charge in [-0.15, -0.1) is 0 Å². The molecule has 1 N–H and O–H groups in total. The van der Waals surface area contributed by atoms with Crippen LogP contribution in [0.25, 0.3) is 11.1 Å². The van der Waals surface area contributed by atoms with Gasteiger partial charge in [0.2, 0.25) is 0 Å². The van der Waals surface area contributed by atoms with E-state index in [1.54, 1.807) is 31.5 Å². The second-order valence-electron chi connectivity index (χ2n) is 8.27. The molecule has 172 valence electrons. The molecule has 2 aliphatic rings. The number of hydrogen-bond acceptors (Lipinski definition) is 6. The van der Waals surface area contributed by atoms with Crippen molar-refractivity contribution in [1.29, 1.82) is 0 Å². The summed E-state index contributed by atoms with van der Waals surface area (Å²) in [6, 6.07) is 13.4. The average molecular weight is 476 g/mol. The fraction of sp³-hybridized carbons (Fsp3) is 0.231. The van der Waals surface area contributed by atoms with Gasteiger partial charge in [-0.05, 0) is 41.0 Å². The second kappa shape index (κ2) is 9.37. The Balaban J connectivity index is 1.34. The van der Waals surface area contributed by atoms with Gasteiger partial charge in [0.25, 0.3) is 0 Å². The number of halogens is 1. The number of aliphatic imine (C=N–C) groups is 1. The van der Waals surface area contributed by atoms with Crippen LogP contribution in [0.5, 0.6) is 0 Å². The number of carbonyl (C=O) groups is 2. The number of ether oxygens (including phenoxy) is 2. The minimum Gasteiger partial charge on any atom is -0.447 e. The average Bonchev–Trinajstić information content (AvgIpc) is 3.41. The number of carbonyl (C=O) groups excluding carboxylic acids is 2. The molecule has 1 aliphatic heterocycles. The van der Waals surface area contributed by atoms with Crippen LogP contribution in [0.1, 0.15) is 22.3 Å². The highest BCUT2D eigenvalue weighted by Gasteiger charge is 2.22. The number of pyridine rings is 1. The summed E-state index contributed by atoms with van der Waals surface area (Å²) in [6.45, 7) is 0.492. The van der Waals surface area contributed by atoms with Crippen molar-refractivity contribution in [2.24, 2.45) is 4.99 Å². The minimum absolute atomic E-state index is 0.166. The molecule has 2 heterocycles. The van der Waals surface area contributed by atoms with Crippen molar-refractivity contribution in [1.82, 2.24) is 4.98 Å². The molecule has 1 amide bonds. The summed E-state index contributed by atoms with van der Waals surface area (Å²) in [4.78, 5) is 33.0. The smallest absolute Gasteiger partial charge is 0.411 e. The van der Waals surface area contributed by atoms with Crippen molar-refractivity contribution in [3.63, 3.8) is 0 Å². The van der Waals surface area contributed by atoms with Crippen molar-refractivity contribution >= 4 is 40.7 Å². The van der Waals surface area contributed by atoms with E-state index < -0.39 is 6.09 Å². The number of fused-ring (bicyclic) bond motifs is 2. The summed E-state index contributed by atoms with van der Waals surface area (Å²) >= 11 is 6.46. The molecule has 0 bridgehead atoms. The molecule has 0 saturated heterocycles. The van der Waals surface area contributed by atoms with Crippen LogP contribution in [-0.2, 0) is 33.5 Å². The molecule has 0 atom stereocenters. The van der Waals surface area contributed by atoms with Gasteiger partial charge in [-0.25, -0.2) is 14.8 Å². The number of aromatic nitrogens is 1. The number of Topliss-reactive ketones (excluding diaryl/α,β-unsaturated/α-hetero) is 1. The Bertz CT molecular complexity index is 1340. The van der Waals surface area contributed by atoms with Crippen LogP contribution in [0.4, 0.5) is 16.3 Å². The molecule has 3 aromatic rings. The third-order valence-electron chi connectivity index (χ3n) is 5.90. The zero-order valence-electron chi connectivity index (χ0n) is 18.6. The number of amides is 1. The molecule has 0 saturated carbocycles. The lowest BCUT2D eigenvalue weighted by Crippen LogP contribution is -2.16. The second-order valence-corrected chi connectivity index (χ2v) is 8.67. The van der Waals surface area contributed by atoms with Gasteiger partial charge in [-0.1, -0.05) is 29.8 Å². The van der Waals surface area contributed by atoms with Crippen LogP contribution in [0.2, 0.25) is 5.02 Å². The van der Waals surface area contributed by atoms with Gasteiger partial charge < -0.3 is 9.47 Å². The molecule has 34 heavy (non-hydrogen) atoms. The Morgan fingerprint density at radius 3 is 2.68 bits per heavy atom. The number of nitrogens with zero attached hydrogens (tertiary/aromatic N) is 2. The van der Waals surface area contributed by atoms with E-state index >= 15 is 0 Å². The molecule has 0 radical (unpaired) electrons. The fourth-order valence-electron chi connectivity index (χ4n) is 4.22. The quantitative estimate of drug-likeness (QED) is 0.510. The summed E-state index contributed by atoms with van der Waals surface area (Å²) in [5.74, 6) is 0.914. The van der Waals surface area contributed by atoms with Crippen LogP contribution in [0.15, 0.2) is 53.7 Å². The van der Waals surface area contributed by atoms with Crippen molar-refractivity contribution in [2.75, 3.05) is 25.6 Å². The zero-order chi connectivity index (χ0) is 23.7. The first-order valence-corrected chi connectivity index (χ1v) is 11.3. The molecular weight excluding hydrogens is 454 g/mol. The number of nitrogens with one attached hydrogen (secondary N) is 1. The van der Waals surface area contributed by atoms with Gasteiger partial charge in [0.15, 0.2) is 5.82 Å². The summed E-state index contributed by atoms with van der Waals surface area (Å²) in [5.41, 5.74) is 7.29. The highest BCUT2D eigenvalue weighted by molar-refractivity contribution is 6.34. The molecule has 8 heteroatoms. The number of benzene rings is 2. The number of hydrogen-bond donors (Lipinski definition) is 1. The number of rotatable bonds is 6. The molecule has 1 aromatic heterocycles. The lowest BCUT2D eigenvalue weighted by atomic mass is 9.99. The summed E-state index contributed by atoms with van der Waals surface area (Å²) < 4.78 is 9.93. The van der Waals surface area contributed by atoms with Crippen molar-refractivity contribution in [3.8, 4) is 11.1 Å². The first-order valence-electron chi connectivity index (χ1n) is 10.9. The van der Waals surface area contributed by atoms with E-state index in [2.05, 4.69) is 27.4 Å². The maximum Gasteiger partial charge on any atom is 0.411 e. The van der Waals surface area contributed by atoms with Crippen LogP contribution in [0.3, 0.4) is 0 Å². The Morgan fingerprint density at radius 1 is 1.00 bits per heavy atom. The highest BCUT2D eigenvalue weighted by atomic mass is 35.5. The number of ketones is 1. The SMILES string of the molecule is COCCOC(=O)Nc1ccc(Cl)c(C2=Nc3ncc(-c4ccc5c(c4)CC(=O)C5)cc3C2)c1. The fourth-order valence-corrected chi connectivity index (χ4v) is 4.45. The van der Waals surface area contributed by atoms with Crippen LogP contribution >= 0.6 is 11.6 Å². The molecule has 7 nitrogen and oxygen atoms in total. The zero-order valence-corrected chi connectivity index (χ0v) is 19.3.